The SMILES string of the molecule is CN(C)Cc1cncc(-c2cnc3n[nH]c(-c4nc5c(-c6cccs6)nccc5[nH]4)c3c2)c1. The standard InChI is InChI=1S/C24H20N8S/c1-32(2)13-14-8-15(11-25-10-14)16-9-17-20(30-31-23(17)27-12-16)24-28-18-5-6-26-22(21(18)29-24)19-4-3-7-33-19/h3-12H,13H2,1-2H3,(H,28,29)(H,27,30,31). The number of nitrogens with one attached hydrogen (secondary N) is 2. The van der Waals surface area contributed by atoms with E-state index in [9.17, 15) is 0 Å². The number of fused-ring (bicyclic) bond motifs is 2. The van der Waals surface area contributed by atoms with Gasteiger partial charge in [0.05, 0.1) is 15.8 Å². The van der Waals surface area contributed by atoms with Crippen molar-refractivity contribution in [2.75, 3.05) is 14.1 Å². The van der Waals surface area contributed by atoms with Crippen LogP contribution in [0.5, 0.6) is 0 Å². The summed E-state index contributed by atoms with van der Waals surface area (Å²) in [5, 5.41) is 10.5. The summed E-state index contributed by atoms with van der Waals surface area (Å²) in [5.74, 6) is 0.705. The molecule has 6 aromatic rings. The van der Waals surface area contributed by atoms with Crippen molar-refractivity contribution < 1.29 is 0 Å². The Morgan fingerprint density at radius 3 is 2.79 bits per heavy atom. The van der Waals surface area contributed by atoms with Crippen LogP contribution in [0.25, 0.3) is 55.3 Å². The zero-order valence-corrected chi connectivity index (χ0v) is 18.9. The third-order valence-electron chi connectivity index (χ3n) is 5.43. The number of hydrogen-bond donors (Lipinski definition) is 2. The molecule has 0 aliphatic carbocycles. The van der Waals surface area contributed by atoms with Crippen molar-refractivity contribution in [3.8, 4) is 33.2 Å². The normalized spacial score (nSPS) is 11.7. The molecule has 33 heavy (non-hydrogen) atoms. The molecular weight excluding hydrogens is 432 g/mol. The minimum absolute atomic E-state index is 0.642. The van der Waals surface area contributed by atoms with E-state index in [1.807, 2.05) is 50.2 Å². The molecule has 0 spiro atoms. The topological polar surface area (TPSA) is 99.3 Å². The summed E-state index contributed by atoms with van der Waals surface area (Å²) in [4.78, 5) is 25.1. The summed E-state index contributed by atoms with van der Waals surface area (Å²) in [6, 6.07) is 10.2. The van der Waals surface area contributed by atoms with E-state index in [-0.39, 0.29) is 0 Å². The van der Waals surface area contributed by atoms with Crippen molar-refractivity contribution in [1.29, 1.82) is 0 Å². The van der Waals surface area contributed by atoms with Gasteiger partial charge in [-0.15, -0.1) is 11.3 Å². The molecule has 0 fully saturated rings. The van der Waals surface area contributed by atoms with Gasteiger partial charge in [-0.1, -0.05) is 6.07 Å². The third kappa shape index (κ3) is 3.57. The highest BCUT2D eigenvalue weighted by Gasteiger charge is 2.17. The van der Waals surface area contributed by atoms with E-state index in [1.54, 1.807) is 17.5 Å². The second kappa shape index (κ2) is 7.88. The Bertz CT molecular complexity index is 1580. The van der Waals surface area contributed by atoms with E-state index in [0.717, 1.165) is 55.9 Å². The zero-order valence-electron chi connectivity index (χ0n) is 18.1. The van der Waals surface area contributed by atoms with Crippen molar-refractivity contribution in [1.82, 2.24) is 40.0 Å². The fourth-order valence-corrected chi connectivity index (χ4v) is 4.70. The molecule has 0 atom stereocenters. The highest BCUT2D eigenvalue weighted by atomic mass is 32.1. The Hall–Kier alpha value is -3.95. The molecule has 6 rings (SSSR count). The van der Waals surface area contributed by atoms with Gasteiger partial charge in [0.15, 0.2) is 11.5 Å². The summed E-state index contributed by atoms with van der Waals surface area (Å²) in [7, 11) is 4.09. The van der Waals surface area contributed by atoms with E-state index in [0.29, 0.717) is 11.5 Å². The summed E-state index contributed by atoms with van der Waals surface area (Å²) < 4.78 is 0. The number of rotatable bonds is 5. The van der Waals surface area contributed by atoms with Gasteiger partial charge in [-0.05, 0) is 49.3 Å². The van der Waals surface area contributed by atoms with Crippen molar-refractivity contribution >= 4 is 33.4 Å². The van der Waals surface area contributed by atoms with Crippen LogP contribution >= 0.6 is 11.3 Å². The van der Waals surface area contributed by atoms with Gasteiger partial charge in [0.25, 0.3) is 0 Å². The first-order chi connectivity index (χ1) is 16.2. The van der Waals surface area contributed by atoms with Gasteiger partial charge < -0.3 is 9.88 Å². The van der Waals surface area contributed by atoms with Crippen molar-refractivity contribution in [2.45, 2.75) is 6.54 Å². The molecule has 0 saturated carbocycles. The number of hydrogen-bond acceptors (Lipinski definition) is 7. The molecule has 6 aromatic heterocycles. The largest absolute Gasteiger partial charge is 0.337 e. The van der Waals surface area contributed by atoms with Crippen molar-refractivity contribution in [3.63, 3.8) is 0 Å². The predicted octanol–water partition coefficient (Wildman–Crippen LogP) is 4.75. The smallest absolute Gasteiger partial charge is 0.181 e. The highest BCUT2D eigenvalue weighted by molar-refractivity contribution is 7.13. The molecule has 9 heteroatoms. The number of H-pyrrole nitrogens is 2. The van der Waals surface area contributed by atoms with Gasteiger partial charge >= 0.3 is 0 Å². The number of pyridine rings is 3. The molecule has 8 nitrogen and oxygen atoms in total. The van der Waals surface area contributed by atoms with E-state index in [1.165, 1.54) is 0 Å². The van der Waals surface area contributed by atoms with E-state index >= 15 is 0 Å². The monoisotopic (exact) mass is 452 g/mol. The van der Waals surface area contributed by atoms with Crippen LogP contribution in [-0.4, -0.2) is 54.1 Å². The van der Waals surface area contributed by atoms with Gasteiger partial charge in [-0.2, -0.15) is 5.10 Å². The molecule has 0 unspecified atom stereocenters. The average Bonchev–Trinajstić information content (AvgIpc) is 3.57. The van der Waals surface area contributed by atoms with Crippen LogP contribution in [0.4, 0.5) is 0 Å². The lowest BCUT2D eigenvalue weighted by Crippen LogP contribution is -2.10. The second-order valence-corrected chi connectivity index (χ2v) is 9.08. The molecule has 0 aromatic carbocycles. The first kappa shape index (κ1) is 19.7. The van der Waals surface area contributed by atoms with Crippen LogP contribution < -0.4 is 0 Å². The fourth-order valence-electron chi connectivity index (χ4n) is 3.98. The molecule has 0 saturated heterocycles. The Morgan fingerprint density at radius 1 is 1.03 bits per heavy atom. The Morgan fingerprint density at radius 2 is 1.94 bits per heavy atom. The maximum atomic E-state index is 4.88. The molecule has 162 valence electrons. The highest BCUT2D eigenvalue weighted by Crippen LogP contribution is 2.32. The van der Waals surface area contributed by atoms with E-state index in [2.05, 4.69) is 53.2 Å². The molecule has 0 aliphatic heterocycles. The Labute approximate surface area is 193 Å². The molecule has 2 N–H and O–H groups in total. The molecule has 0 radical (unpaired) electrons. The van der Waals surface area contributed by atoms with Gasteiger partial charge in [-0.3, -0.25) is 15.1 Å². The maximum Gasteiger partial charge on any atom is 0.181 e. The third-order valence-corrected chi connectivity index (χ3v) is 6.31. The van der Waals surface area contributed by atoms with Gasteiger partial charge in [0, 0.05) is 42.5 Å². The van der Waals surface area contributed by atoms with Gasteiger partial charge in [0.2, 0.25) is 0 Å². The number of aromatic nitrogens is 7. The second-order valence-electron chi connectivity index (χ2n) is 8.13. The maximum absolute atomic E-state index is 4.88. The molecular formula is C24H20N8S. The van der Waals surface area contributed by atoms with E-state index < -0.39 is 0 Å². The lowest BCUT2D eigenvalue weighted by Gasteiger charge is -2.10. The lowest BCUT2D eigenvalue weighted by atomic mass is 10.1. The summed E-state index contributed by atoms with van der Waals surface area (Å²) in [6.45, 7) is 0.826. The Kier molecular flexibility index (Phi) is 4.70. The molecule has 0 aliphatic rings. The number of imidazole rings is 1. The molecule has 0 bridgehead atoms. The predicted molar refractivity (Wildman–Crippen MR) is 131 cm³/mol. The van der Waals surface area contributed by atoms with Gasteiger partial charge in [0.1, 0.15) is 16.9 Å². The summed E-state index contributed by atoms with van der Waals surface area (Å²) in [5.41, 5.74) is 7.22. The quantitative estimate of drug-likeness (QED) is 0.392. The van der Waals surface area contributed by atoms with Crippen LogP contribution in [0.15, 0.2) is 60.5 Å². The zero-order chi connectivity index (χ0) is 22.4. The van der Waals surface area contributed by atoms with Crippen LogP contribution in [0.2, 0.25) is 0 Å². The summed E-state index contributed by atoms with van der Waals surface area (Å²) >= 11 is 1.65. The first-order valence-corrected chi connectivity index (χ1v) is 11.4. The van der Waals surface area contributed by atoms with Crippen LogP contribution in [-0.2, 0) is 6.54 Å². The molecule has 0 amide bonds. The average molecular weight is 453 g/mol. The lowest BCUT2D eigenvalue weighted by molar-refractivity contribution is 0.402. The Balaban J connectivity index is 1.45. The minimum atomic E-state index is 0.642. The van der Waals surface area contributed by atoms with E-state index in [4.69, 9.17) is 4.98 Å². The number of aromatic amines is 2. The first-order valence-electron chi connectivity index (χ1n) is 10.5. The number of nitrogens with zero attached hydrogens (tertiary/aromatic N) is 6. The van der Waals surface area contributed by atoms with Crippen LogP contribution in [0.3, 0.4) is 0 Å². The van der Waals surface area contributed by atoms with Crippen LogP contribution in [0.1, 0.15) is 5.56 Å². The van der Waals surface area contributed by atoms with Gasteiger partial charge in [-0.25, -0.2) is 9.97 Å². The summed E-state index contributed by atoms with van der Waals surface area (Å²) in [6.07, 6.45) is 7.40. The molecule has 6 heterocycles. The van der Waals surface area contributed by atoms with Crippen molar-refractivity contribution in [3.05, 3.63) is 66.1 Å². The van der Waals surface area contributed by atoms with Crippen molar-refractivity contribution in [2.24, 2.45) is 0 Å². The van der Waals surface area contributed by atoms with Crippen LogP contribution in [0, 0.1) is 0 Å². The number of thiophene rings is 1. The minimum Gasteiger partial charge on any atom is -0.337 e. The fraction of sp³-hybridized carbons (Fsp3) is 0.125.